The number of hydrogen-bond donors (Lipinski definition) is 1. The van der Waals surface area contributed by atoms with Gasteiger partial charge in [0.1, 0.15) is 5.75 Å². The number of amides is 1. The van der Waals surface area contributed by atoms with E-state index in [-0.39, 0.29) is 11.9 Å². The molecule has 1 saturated heterocycles. The van der Waals surface area contributed by atoms with E-state index in [2.05, 4.69) is 41.8 Å². The fraction of sp³-hybridized carbons (Fsp3) is 0.435. The average molecular weight is 401 g/mol. The van der Waals surface area contributed by atoms with Crippen LogP contribution in [0.4, 0.5) is 0 Å². The standard InChI is InChI=1S/C23H32N2O2S/c1-5-8-21(6-2)28-25-14-12-20(13-15-25)24-23(26)9-7-16-27-22-17-18(3)10-11-19(22)4/h5-6,8,10-11,17,20H,1-2,7,9,12-16H2,3-4H3,(H,24,26)/b21-8+. The van der Waals surface area contributed by atoms with Crippen LogP contribution in [0.15, 0.2) is 54.5 Å². The van der Waals surface area contributed by atoms with Crippen molar-refractivity contribution < 1.29 is 9.53 Å². The quantitative estimate of drug-likeness (QED) is 0.343. The van der Waals surface area contributed by atoms with Crippen molar-refractivity contribution in [2.75, 3.05) is 19.7 Å². The molecule has 1 aromatic carbocycles. The van der Waals surface area contributed by atoms with Crippen LogP contribution in [-0.4, -0.2) is 36.0 Å². The Bertz CT molecular complexity index is 707. The molecule has 0 spiro atoms. The summed E-state index contributed by atoms with van der Waals surface area (Å²) < 4.78 is 8.15. The Labute approximate surface area is 173 Å². The van der Waals surface area contributed by atoms with Crippen LogP contribution in [0.5, 0.6) is 5.75 Å². The molecule has 1 aliphatic rings. The summed E-state index contributed by atoms with van der Waals surface area (Å²) in [7, 11) is 0. The zero-order valence-corrected chi connectivity index (χ0v) is 17.9. The van der Waals surface area contributed by atoms with Crippen LogP contribution in [0.2, 0.25) is 0 Å². The Morgan fingerprint density at radius 2 is 2.07 bits per heavy atom. The molecule has 0 aromatic heterocycles. The first-order valence-electron chi connectivity index (χ1n) is 9.89. The molecule has 1 N–H and O–H groups in total. The van der Waals surface area contributed by atoms with Crippen LogP contribution in [0.3, 0.4) is 0 Å². The minimum atomic E-state index is 0.119. The molecule has 2 rings (SSSR count). The first-order chi connectivity index (χ1) is 13.5. The number of allylic oxidation sites excluding steroid dienone is 3. The summed E-state index contributed by atoms with van der Waals surface area (Å²) in [5, 5.41) is 3.17. The SMILES string of the molecule is C=C/C=C(\C=C)SN1CCC(NC(=O)CCCOc2cc(C)ccc2C)CC1. The third kappa shape index (κ3) is 7.56. The van der Waals surface area contributed by atoms with Gasteiger partial charge in [-0.05, 0) is 68.3 Å². The molecule has 1 fully saturated rings. The highest BCUT2D eigenvalue weighted by molar-refractivity contribution is 8.01. The predicted octanol–water partition coefficient (Wildman–Crippen LogP) is 4.95. The lowest BCUT2D eigenvalue weighted by atomic mass is 10.1. The van der Waals surface area contributed by atoms with Crippen molar-refractivity contribution in [3.63, 3.8) is 0 Å². The highest BCUT2D eigenvalue weighted by Crippen LogP contribution is 2.26. The summed E-state index contributed by atoms with van der Waals surface area (Å²) in [4.78, 5) is 13.3. The molecule has 1 heterocycles. The minimum absolute atomic E-state index is 0.119. The summed E-state index contributed by atoms with van der Waals surface area (Å²) in [6.07, 6.45) is 8.76. The van der Waals surface area contributed by atoms with E-state index in [0.717, 1.165) is 48.6 Å². The van der Waals surface area contributed by atoms with E-state index in [1.54, 1.807) is 18.0 Å². The van der Waals surface area contributed by atoms with Crippen molar-refractivity contribution in [1.29, 1.82) is 0 Å². The Balaban J connectivity index is 1.63. The molecule has 1 aromatic rings. The maximum Gasteiger partial charge on any atom is 0.220 e. The molecule has 28 heavy (non-hydrogen) atoms. The Hall–Kier alpha value is -1.98. The zero-order chi connectivity index (χ0) is 20.4. The largest absolute Gasteiger partial charge is 0.493 e. The van der Waals surface area contributed by atoms with Crippen molar-refractivity contribution in [3.05, 3.63) is 65.6 Å². The molecular formula is C23H32N2O2S. The molecular weight excluding hydrogens is 368 g/mol. The molecule has 0 unspecified atom stereocenters. The molecule has 1 amide bonds. The average Bonchev–Trinajstić information content (AvgIpc) is 2.69. The lowest BCUT2D eigenvalue weighted by molar-refractivity contribution is -0.122. The summed E-state index contributed by atoms with van der Waals surface area (Å²) >= 11 is 1.70. The smallest absolute Gasteiger partial charge is 0.220 e. The molecule has 0 saturated carbocycles. The lowest BCUT2D eigenvalue weighted by Gasteiger charge is -2.31. The van der Waals surface area contributed by atoms with Gasteiger partial charge < -0.3 is 10.1 Å². The van der Waals surface area contributed by atoms with Crippen molar-refractivity contribution in [3.8, 4) is 5.75 Å². The third-order valence-electron chi connectivity index (χ3n) is 4.69. The molecule has 5 heteroatoms. The normalized spacial score (nSPS) is 15.9. The van der Waals surface area contributed by atoms with Crippen molar-refractivity contribution in [1.82, 2.24) is 9.62 Å². The number of rotatable bonds is 10. The van der Waals surface area contributed by atoms with Crippen LogP contribution < -0.4 is 10.1 Å². The van der Waals surface area contributed by atoms with E-state index in [0.29, 0.717) is 13.0 Å². The number of carbonyl (C=O) groups is 1. The molecule has 152 valence electrons. The van der Waals surface area contributed by atoms with Crippen LogP contribution in [-0.2, 0) is 4.79 Å². The summed E-state index contributed by atoms with van der Waals surface area (Å²) in [5.41, 5.74) is 2.31. The number of nitrogens with one attached hydrogen (secondary N) is 1. The van der Waals surface area contributed by atoms with Crippen LogP contribution in [0.25, 0.3) is 0 Å². The van der Waals surface area contributed by atoms with Gasteiger partial charge in [0, 0.05) is 30.5 Å². The highest BCUT2D eigenvalue weighted by atomic mass is 32.2. The molecule has 0 atom stereocenters. The first-order valence-corrected chi connectivity index (χ1v) is 10.7. The van der Waals surface area contributed by atoms with E-state index in [9.17, 15) is 4.79 Å². The number of carbonyl (C=O) groups excluding carboxylic acids is 1. The predicted molar refractivity (Wildman–Crippen MR) is 119 cm³/mol. The number of piperidine rings is 1. The molecule has 0 radical (unpaired) electrons. The van der Waals surface area contributed by atoms with Crippen LogP contribution in [0.1, 0.15) is 36.8 Å². The summed E-state index contributed by atoms with van der Waals surface area (Å²) in [6, 6.07) is 6.45. The van der Waals surface area contributed by atoms with Gasteiger partial charge in [0.15, 0.2) is 0 Å². The number of ether oxygens (including phenoxy) is 1. The van der Waals surface area contributed by atoms with E-state index in [1.165, 1.54) is 5.56 Å². The molecule has 0 aliphatic carbocycles. The molecule has 0 bridgehead atoms. The van der Waals surface area contributed by atoms with Crippen molar-refractivity contribution in [2.24, 2.45) is 0 Å². The fourth-order valence-corrected chi connectivity index (χ4v) is 3.99. The van der Waals surface area contributed by atoms with Gasteiger partial charge >= 0.3 is 0 Å². The number of benzene rings is 1. The van der Waals surface area contributed by atoms with E-state index >= 15 is 0 Å². The molecule has 1 aliphatic heterocycles. The van der Waals surface area contributed by atoms with Gasteiger partial charge in [-0.25, -0.2) is 4.31 Å². The van der Waals surface area contributed by atoms with Gasteiger partial charge in [-0.1, -0.05) is 37.4 Å². The second-order valence-electron chi connectivity index (χ2n) is 7.09. The zero-order valence-electron chi connectivity index (χ0n) is 17.1. The van der Waals surface area contributed by atoms with Gasteiger partial charge in [-0.3, -0.25) is 4.79 Å². The van der Waals surface area contributed by atoms with Gasteiger partial charge in [-0.15, -0.1) is 0 Å². The fourth-order valence-electron chi connectivity index (χ4n) is 3.07. The second kappa shape index (κ2) is 11.8. The number of nitrogens with zero attached hydrogens (tertiary/aromatic N) is 1. The summed E-state index contributed by atoms with van der Waals surface area (Å²) in [6.45, 7) is 14.1. The van der Waals surface area contributed by atoms with Crippen molar-refractivity contribution in [2.45, 2.75) is 45.6 Å². The topological polar surface area (TPSA) is 41.6 Å². The maximum absolute atomic E-state index is 12.2. The Morgan fingerprint density at radius 3 is 2.75 bits per heavy atom. The lowest BCUT2D eigenvalue weighted by Crippen LogP contribution is -2.42. The van der Waals surface area contributed by atoms with Crippen LogP contribution in [0, 0.1) is 13.8 Å². The van der Waals surface area contributed by atoms with Gasteiger partial charge in [0.05, 0.1) is 6.61 Å². The Morgan fingerprint density at radius 1 is 1.32 bits per heavy atom. The van der Waals surface area contributed by atoms with Crippen LogP contribution >= 0.6 is 11.9 Å². The molecule has 4 nitrogen and oxygen atoms in total. The number of hydrogen-bond acceptors (Lipinski definition) is 4. The van der Waals surface area contributed by atoms with Gasteiger partial charge in [-0.2, -0.15) is 0 Å². The van der Waals surface area contributed by atoms with E-state index in [4.69, 9.17) is 4.74 Å². The third-order valence-corrected chi connectivity index (χ3v) is 5.82. The monoisotopic (exact) mass is 400 g/mol. The van der Waals surface area contributed by atoms with E-state index < -0.39 is 0 Å². The van der Waals surface area contributed by atoms with Gasteiger partial charge in [0.25, 0.3) is 0 Å². The summed E-state index contributed by atoms with van der Waals surface area (Å²) in [5.74, 6) is 1.03. The number of aryl methyl sites for hydroxylation is 2. The van der Waals surface area contributed by atoms with Gasteiger partial charge in [0.2, 0.25) is 5.91 Å². The first kappa shape index (κ1) is 22.3. The Kier molecular flexibility index (Phi) is 9.38. The maximum atomic E-state index is 12.2. The second-order valence-corrected chi connectivity index (χ2v) is 8.26. The highest BCUT2D eigenvalue weighted by Gasteiger charge is 2.21. The minimum Gasteiger partial charge on any atom is -0.493 e. The van der Waals surface area contributed by atoms with Crippen molar-refractivity contribution >= 4 is 17.9 Å². The van der Waals surface area contributed by atoms with E-state index in [1.807, 2.05) is 25.1 Å².